The third kappa shape index (κ3) is 3.57. The molecule has 2 aliphatic rings. The van der Waals surface area contributed by atoms with Crippen LogP contribution in [0.25, 0.3) is 11.2 Å². The largest absolute Gasteiger partial charge is 0.343 e. The molecule has 0 bridgehead atoms. The first-order valence-corrected chi connectivity index (χ1v) is 9.16. The summed E-state index contributed by atoms with van der Waals surface area (Å²) in [7, 11) is 0. The van der Waals surface area contributed by atoms with Gasteiger partial charge >= 0.3 is 0 Å². The van der Waals surface area contributed by atoms with Crippen LogP contribution in [0.4, 0.5) is 13.6 Å². The van der Waals surface area contributed by atoms with Crippen LogP contribution in [0.1, 0.15) is 31.2 Å². The Morgan fingerprint density at radius 2 is 2.04 bits per heavy atom. The van der Waals surface area contributed by atoms with Gasteiger partial charge in [-0.3, -0.25) is 14.5 Å². The number of thioether (sulfide) groups is 1. The highest BCUT2D eigenvalue weighted by atomic mass is 32.2. The van der Waals surface area contributed by atoms with Crippen molar-refractivity contribution in [3.63, 3.8) is 0 Å². The number of carbonyl (C=O) groups is 2. The number of imide groups is 1. The van der Waals surface area contributed by atoms with Gasteiger partial charge in [-0.2, -0.15) is 0 Å². The van der Waals surface area contributed by atoms with Gasteiger partial charge in [0, 0.05) is 24.6 Å². The Balaban J connectivity index is 1.47. The second-order valence-corrected chi connectivity index (χ2v) is 7.31. The predicted octanol–water partition coefficient (Wildman–Crippen LogP) is 3.47. The molecule has 2 amide bonds. The first-order chi connectivity index (χ1) is 12.9. The number of aromatic nitrogens is 3. The van der Waals surface area contributed by atoms with Crippen LogP contribution in [0, 0.1) is 11.8 Å². The molecule has 1 N–H and O–H groups in total. The number of hydrogen-bond donors (Lipinski definition) is 1. The number of nitrogens with one attached hydrogen (secondary N) is 1. The van der Waals surface area contributed by atoms with Gasteiger partial charge in [0.05, 0.1) is 23.3 Å². The van der Waals surface area contributed by atoms with Gasteiger partial charge in [-0.05, 0) is 30.7 Å². The van der Waals surface area contributed by atoms with Crippen molar-refractivity contribution in [1.29, 1.82) is 0 Å². The summed E-state index contributed by atoms with van der Waals surface area (Å²) >= 11 is 0.817. The Hall–Kier alpha value is -2.73. The normalized spacial score (nSPS) is 19.6. The number of hydrogen-bond acceptors (Lipinski definition) is 5. The van der Waals surface area contributed by atoms with Crippen LogP contribution < -0.4 is 0 Å². The van der Waals surface area contributed by atoms with Crippen LogP contribution in [-0.2, 0) is 4.79 Å². The second-order valence-electron chi connectivity index (χ2n) is 6.35. The van der Waals surface area contributed by atoms with E-state index in [1.807, 2.05) is 0 Å². The average Bonchev–Trinajstić information content (AvgIpc) is 3.21. The Bertz CT molecular complexity index is 1020. The van der Waals surface area contributed by atoms with Crippen molar-refractivity contribution < 1.29 is 18.4 Å². The number of imidazole rings is 1. The molecule has 0 radical (unpaired) electrons. The van der Waals surface area contributed by atoms with Crippen LogP contribution in [0.15, 0.2) is 29.1 Å². The first kappa shape index (κ1) is 17.7. The molecule has 1 aliphatic carbocycles. The van der Waals surface area contributed by atoms with E-state index >= 15 is 0 Å². The minimum Gasteiger partial charge on any atom is -0.343 e. The van der Waals surface area contributed by atoms with Gasteiger partial charge in [0.15, 0.2) is 5.65 Å². The summed E-state index contributed by atoms with van der Waals surface area (Å²) in [6.45, 7) is -0.0569. The summed E-state index contributed by atoms with van der Waals surface area (Å²) in [5, 5.41) is -0.420. The molecule has 0 spiro atoms. The van der Waals surface area contributed by atoms with E-state index in [9.17, 15) is 18.4 Å². The Kier molecular flexibility index (Phi) is 4.44. The minimum absolute atomic E-state index is 0.0569. The summed E-state index contributed by atoms with van der Waals surface area (Å²) in [4.78, 5) is 37.1. The summed E-state index contributed by atoms with van der Waals surface area (Å²) in [5.74, 6) is 2.54. The van der Waals surface area contributed by atoms with E-state index in [-0.39, 0.29) is 37.1 Å². The van der Waals surface area contributed by atoms with Crippen LogP contribution in [0.2, 0.25) is 0 Å². The number of rotatable bonds is 1. The number of fused-ring (bicyclic) bond motifs is 1. The lowest BCUT2D eigenvalue weighted by atomic mass is 9.91. The maximum atomic E-state index is 13.3. The van der Waals surface area contributed by atoms with Gasteiger partial charge in [-0.25, -0.2) is 18.7 Å². The van der Waals surface area contributed by atoms with Gasteiger partial charge in [-0.15, -0.1) is 0 Å². The third-order valence-electron chi connectivity index (χ3n) is 4.50. The highest BCUT2D eigenvalue weighted by Gasteiger charge is 2.40. The van der Waals surface area contributed by atoms with Crippen molar-refractivity contribution >= 4 is 34.1 Å². The molecule has 1 aliphatic heterocycles. The topological polar surface area (TPSA) is 79.0 Å². The van der Waals surface area contributed by atoms with Gasteiger partial charge in [0.25, 0.3) is 11.1 Å². The number of aromatic amines is 1. The zero-order valence-corrected chi connectivity index (χ0v) is 14.9. The van der Waals surface area contributed by atoms with Gasteiger partial charge in [0.2, 0.25) is 5.92 Å². The summed E-state index contributed by atoms with van der Waals surface area (Å²) in [5.41, 5.74) is 2.60. The standard InChI is InChI=1S/C18H14F2N4O2S/c19-18(20)5-3-12(4-6-18)14-16(25)24(17(26)27-14)7-1-2-11-8-13-15(21-9-11)23-10-22-13/h8-10H,3-7H2,(H,21,22,23). The minimum atomic E-state index is -2.69. The van der Waals surface area contributed by atoms with Crippen molar-refractivity contribution in [3.8, 4) is 11.8 Å². The molecule has 2 fully saturated rings. The fourth-order valence-corrected chi connectivity index (χ4v) is 3.99. The van der Waals surface area contributed by atoms with Gasteiger partial charge in [0.1, 0.15) is 0 Å². The number of allylic oxidation sites excluding steroid dienone is 1. The van der Waals surface area contributed by atoms with Crippen LogP contribution >= 0.6 is 11.8 Å². The summed E-state index contributed by atoms with van der Waals surface area (Å²) < 4.78 is 26.6. The average molecular weight is 388 g/mol. The van der Waals surface area contributed by atoms with Crippen LogP contribution in [0.5, 0.6) is 0 Å². The fraction of sp³-hybridized carbons (Fsp3) is 0.333. The SMILES string of the molecule is O=C1SC(=C2CCC(F)(F)CC2)C(=O)N1CC#Cc1cnc2nc[nH]c2c1. The monoisotopic (exact) mass is 388 g/mol. The molecule has 1 saturated carbocycles. The van der Waals surface area contributed by atoms with E-state index in [1.54, 1.807) is 12.3 Å². The zero-order chi connectivity index (χ0) is 19.0. The summed E-state index contributed by atoms with van der Waals surface area (Å²) in [6, 6.07) is 1.78. The lowest BCUT2D eigenvalue weighted by Gasteiger charge is -2.24. The molecule has 0 atom stereocenters. The van der Waals surface area contributed by atoms with Gasteiger partial charge < -0.3 is 4.98 Å². The van der Waals surface area contributed by atoms with E-state index in [4.69, 9.17) is 0 Å². The molecular weight excluding hydrogens is 374 g/mol. The molecule has 2 aromatic rings. The highest BCUT2D eigenvalue weighted by Crippen LogP contribution is 2.42. The number of carbonyl (C=O) groups excluding carboxylic acids is 2. The number of alkyl halides is 2. The maximum absolute atomic E-state index is 13.3. The summed E-state index contributed by atoms with van der Waals surface area (Å²) in [6.07, 6.45) is 2.82. The second kappa shape index (κ2) is 6.78. The van der Waals surface area contributed by atoms with Crippen molar-refractivity contribution in [2.75, 3.05) is 6.54 Å². The first-order valence-electron chi connectivity index (χ1n) is 8.34. The van der Waals surface area contributed by atoms with Crippen LogP contribution in [0.3, 0.4) is 0 Å². The Labute approximate surface area is 157 Å². The van der Waals surface area contributed by atoms with Crippen molar-refractivity contribution in [2.24, 2.45) is 0 Å². The van der Waals surface area contributed by atoms with E-state index in [2.05, 4.69) is 26.8 Å². The number of amides is 2. The quantitative estimate of drug-likeness (QED) is 0.598. The lowest BCUT2D eigenvalue weighted by molar-refractivity contribution is -0.122. The highest BCUT2D eigenvalue weighted by molar-refractivity contribution is 8.18. The van der Waals surface area contributed by atoms with Gasteiger partial charge in [-0.1, -0.05) is 17.4 Å². The predicted molar refractivity (Wildman–Crippen MR) is 95.9 cm³/mol. The molecular formula is C18H14F2N4O2S. The molecule has 9 heteroatoms. The smallest absolute Gasteiger partial charge is 0.294 e. The van der Waals surface area contributed by atoms with E-state index in [1.165, 1.54) is 6.33 Å². The van der Waals surface area contributed by atoms with Crippen molar-refractivity contribution in [3.05, 3.63) is 34.6 Å². The van der Waals surface area contributed by atoms with E-state index < -0.39 is 17.1 Å². The molecule has 2 aromatic heterocycles. The fourth-order valence-electron chi connectivity index (χ4n) is 3.01. The van der Waals surface area contributed by atoms with E-state index in [0.29, 0.717) is 16.8 Å². The molecule has 138 valence electrons. The maximum Gasteiger partial charge on any atom is 0.294 e. The molecule has 6 nitrogen and oxygen atoms in total. The van der Waals surface area contributed by atoms with Crippen molar-refractivity contribution in [2.45, 2.75) is 31.6 Å². The molecule has 0 unspecified atom stereocenters. The Morgan fingerprint density at radius 3 is 2.81 bits per heavy atom. The molecule has 1 saturated heterocycles. The van der Waals surface area contributed by atoms with Crippen LogP contribution in [-0.4, -0.2) is 43.5 Å². The number of halogens is 2. The van der Waals surface area contributed by atoms with E-state index in [0.717, 1.165) is 22.2 Å². The van der Waals surface area contributed by atoms with Crippen molar-refractivity contribution in [1.82, 2.24) is 19.9 Å². The lowest BCUT2D eigenvalue weighted by Crippen LogP contribution is -2.29. The third-order valence-corrected chi connectivity index (χ3v) is 5.56. The number of nitrogens with zero attached hydrogens (tertiary/aromatic N) is 3. The number of pyridine rings is 1. The number of H-pyrrole nitrogens is 1. The zero-order valence-electron chi connectivity index (χ0n) is 14.1. The molecule has 3 heterocycles. The molecule has 0 aromatic carbocycles. The molecule has 27 heavy (non-hydrogen) atoms. The Morgan fingerprint density at radius 1 is 1.26 bits per heavy atom. The molecule has 4 rings (SSSR count).